The van der Waals surface area contributed by atoms with Crippen LogP contribution in [0.25, 0.3) is 0 Å². The van der Waals surface area contributed by atoms with Crippen molar-refractivity contribution in [2.75, 3.05) is 18.4 Å². The highest BCUT2D eigenvalue weighted by Gasteiger charge is 2.30. The number of carbonyl (C=O) groups excluding carboxylic acids is 1. The number of halogens is 2. The number of carboxylic acid groups (broad SMARTS) is 1. The number of amides is 2. The summed E-state index contributed by atoms with van der Waals surface area (Å²) in [6.07, 6.45) is -2.20. The molecule has 1 atom stereocenters. The van der Waals surface area contributed by atoms with Crippen LogP contribution in [-0.2, 0) is 4.79 Å². The minimum Gasteiger partial charge on any atom is -0.481 e. The van der Waals surface area contributed by atoms with Crippen molar-refractivity contribution in [2.45, 2.75) is 12.8 Å². The molecule has 5 nitrogen and oxygen atoms in total. The van der Waals surface area contributed by atoms with Gasteiger partial charge in [-0.15, -0.1) is 0 Å². The first-order valence-electron chi connectivity index (χ1n) is 6.14. The summed E-state index contributed by atoms with van der Waals surface area (Å²) in [6.45, 7) is 0.479. The van der Waals surface area contributed by atoms with E-state index in [2.05, 4.69) is 5.32 Å². The molecule has 2 rings (SSSR count). The van der Waals surface area contributed by atoms with Gasteiger partial charge in [0.2, 0.25) is 0 Å². The van der Waals surface area contributed by atoms with E-state index in [1.54, 1.807) is 0 Å². The molecule has 0 spiro atoms. The molecule has 7 heteroatoms. The zero-order valence-electron chi connectivity index (χ0n) is 10.6. The van der Waals surface area contributed by atoms with Crippen LogP contribution in [0.2, 0.25) is 0 Å². The zero-order valence-corrected chi connectivity index (χ0v) is 10.6. The van der Waals surface area contributed by atoms with Gasteiger partial charge in [-0.2, -0.15) is 0 Å². The smallest absolute Gasteiger partial charge is 0.321 e. The molecule has 1 aliphatic rings. The number of urea groups is 1. The fraction of sp³-hybridized carbons (Fsp3) is 0.385. The van der Waals surface area contributed by atoms with Crippen LogP contribution >= 0.6 is 0 Å². The Morgan fingerprint density at radius 2 is 2.15 bits per heavy atom. The quantitative estimate of drug-likeness (QED) is 0.896. The molecular weight excluding hydrogens is 270 g/mol. The molecule has 2 amide bonds. The van der Waals surface area contributed by atoms with Crippen LogP contribution < -0.4 is 5.32 Å². The third-order valence-electron chi connectivity index (χ3n) is 3.21. The Labute approximate surface area is 114 Å². The monoisotopic (exact) mass is 284 g/mol. The van der Waals surface area contributed by atoms with Crippen molar-refractivity contribution in [3.63, 3.8) is 0 Å². The normalized spacial score (nSPS) is 18.4. The molecule has 108 valence electrons. The maximum atomic E-state index is 12.5. The van der Waals surface area contributed by atoms with Crippen LogP contribution in [0.4, 0.5) is 19.3 Å². The fourth-order valence-electron chi connectivity index (χ4n) is 2.10. The van der Waals surface area contributed by atoms with Crippen LogP contribution in [0, 0.1) is 5.92 Å². The molecule has 0 bridgehead atoms. The number of anilines is 1. The minimum absolute atomic E-state index is 0.135. The first-order chi connectivity index (χ1) is 9.47. The number of nitrogens with one attached hydrogen (secondary N) is 1. The third-order valence-corrected chi connectivity index (χ3v) is 3.21. The van der Waals surface area contributed by atoms with Gasteiger partial charge >= 0.3 is 12.0 Å². The standard InChI is InChI=1S/C13H14F2N2O3/c14-11(15)8-2-1-3-10(6-8)16-13(20)17-5-4-9(7-17)12(18)19/h1-3,6,9,11H,4-5,7H2,(H,16,20)(H,18,19). The number of likely N-dealkylation sites (tertiary alicyclic amines) is 1. The molecule has 1 saturated heterocycles. The molecule has 1 aromatic rings. The van der Waals surface area contributed by atoms with E-state index in [0.29, 0.717) is 13.0 Å². The summed E-state index contributed by atoms with van der Waals surface area (Å²) in [5.41, 5.74) is 0.0965. The second kappa shape index (κ2) is 5.85. The molecular formula is C13H14F2N2O3. The predicted octanol–water partition coefficient (Wildman–Crippen LogP) is 2.56. The number of hydrogen-bond donors (Lipinski definition) is 2. The van der Waals surface area contributed by atoms with Crippen molar-refractivity contribution in [1.82, 2.24) is 4.90 Å². The molecule has 0 saturated carbocycles. The summed E-state index contributed by atoms with van der Waals surface area (Å²) >= 11 is 0. The Morgan fingerprint density at radius 1 is 1.40 bits per heavy atom. The molecule has 2 N–H and O–H groups in total. The van der Waals surface area contributed by atoms with Crippen LogP contribution in [0.5, 0.6) is 0 Å². The Bertz CT molecular complexity index is 522. The van der Waals surface area contributed by atoms with Crippen molar-refractivity contribution >= 4 is 17.7 Å². The summed E-state index contributed by atoms with van der Waals surface area (Å²) in [7, 11) is 0. The molecule has 1 heterocycles. The van der Waals surface area contributed by atoms with Crippen LogP contribution in [0.15, 0.2) is 24.3 Å². The number of alkyl halides is 2. The van der Waals surface area contributed by atoms with E-state index >= 15 is 0 Å². The van der Waals surface area contributed by atoms with Gasteiger partial charge in [-0.1, -0.05) is 12.1 Å². The van der Waals surface area contributed by atoms with Crippen LogP contribution in [0.1, 0.15) is 18.4 Å². The van der Waals surface area contributed by atoms with Gasteiger partial charge < -0.3 is 15.3 Å². The Balaban J connectivity index is 1.98. The third kappa shape index (κ3) is 3.23. The molecule has 1 fully saturated rings. The number of hydrogen-bond acceptors (Lipinski definition) is 2. The van der Waals surface area contributed by atoms with Gasteiger partial charge in [0.1, 0.15) is 0 Å². The van der Waals surface area contributed by atoms with E-state index in [1.807, 2.05) is 0 Å². The molecule has 1 aliphatic heterocycles. The highest BCUT2D eigenvalue weighted by Crippen LogP contribution is 2.22. The number of carboxylic acids is 1. The maximum absolute atomic E-state index is 12.5. The largest absolute Gasteiger partial charge is 0.481 e. The van der Waals surface area contributed by atoms with E-state index in [4.69, 9.17) is 5.11 Å². The topological polar surface area (TPSA) is 69.6 Å². The summed E-state index contributed by atoms with van der Waals surface area (Å²) in [6, 6.07) is 4.94. The number of carbonyl (C=O) groups is 2. The van der Waals surface area contributed by atoms with Crippen LogP contribution in [-0.4, -0.2) is 35.1 Å². The average Bonchev–Trinajstić information content (AvgIpc) is 2.88. The first kappa shape index (κ1) is 14.2. The van der Waals surface area contributed by atoms with Crippen LogP contribution in [0.3, 0.4) is 0 Å². The van der Waals surface area contributed by atoms with E-state index in [-0.39, 0.29) is 17.8 Å². The second-order valence-electron chi connectivity index (χ2n) is 4.63. The SMILES string of the molecule is O=C(O)C1CCN(C(=O)Nc2cccc(C(F)F)c2)C1. The van der Waals surface area contributed by atoms with E-state index in [9.17, 15) is 18.4 Å². The molecule has 1 aromatic carbocycles. The first-order valence-corrected chi connectivity index (χ1v) is 6.14. The summed E-state index contributed by atoms with van der Waals surface area (Å²) in [5.74, 6) is -1.49. The highest BCUT2D eigenvalue weighted by molar-refractivity contribution is 5.90. The van der Waals surface area contributed by atoms with Gasteiger partial charge in [0.15, 0.2) is 0 Å². The Hall–Kier alpha value is -2.18. The van der Waals surface area contributed by atoms with Gasteiger partial charge in [0, 0.05) is 24.3 Å². The number of benzene rings is 1. The zero-order chi connectivity index (χ0) is 14.7. The van der Waals surface area contributed by atoms with E-state index in [0.717, 1.165) is 0 Å². The number of rotatable bonds is 3. The lowest BCUT2D eigenvalue weighted by Gasteiger charge is -2.17. The van der Waals surface area contributed by atoms with Crippen molar-refractivity contribution in [1.29, 1.82) is 0 Å². The Kier molecular flexibility index (Phi) is 4.16. The van der Waals surface area contributed by atoms with Crippen molar-refractivity contribution in [2.24, 2.45) is 5.92 Å². The Morgan fingerprint density at radius 3 is 2.75 bits per heavy atom. The summed E-state index contributed by atoms with van der Waals surface area (Å²) < 4.78 is 25.1. The van der Waals surface area contributed by atoms with E-state index < -0.39 is 24.3 Å². The van der Waals surface area contributed by atoms with Crippen molar-refractivity contribution in [3.05, 3.63) is 29.8 Å². The lowest BCUT2D eigenvalue weighted by Crippen LogP contribution is -2.33. The molecule has 1 unspecified atom stereocenters. The highest BCUT2D eigenvalue weighted by atomic mass is 19.3. The van der Waals surface area contributed by atoms with Gasteiger partial charge in [-0.3, -0.25) is 4.79 Å². The molecule has 0 aliphatic carbocycles. The van der Waals surface area contributed by atoms with Crippen molar-refractivity contribution in [3.8, 4) is 0 Å². The lowest BCUT2D eigenvalue weighted by molar-refractivity contribution is -0.141. The van der Waals surface area contributed by atoms with Gasteiger partial charge in [0.25, 0.3) is 6.43 Å². The second-order valence-corrected chi connectivity index (χ2v) is 4.63. The molecule has 0 radical (unpaired) electrons. The van der Waals surface area contributed by atoms with E-state index in [1.165, 1.54) is 29.2 Å². The lowest BCUT2D eigenvalue weighted by atomic mass is 10.1. The number of nitrogens with zero attached hydrogens (tertiary/aromatic N) is 1. The molecule has 0 aromatic heterocycles. The molecule has 20 heavy (non-hydrogen) atoms. The summed E-state index contributed by atoms with van der Waals surface area (Å²) in [4.78, 5) is 24.1. The van der Waals surface area contributed by atoms with Crippen molar-refractivity contribution < 1.29 is 23.5 Å². The average molecular weight is 284 g/mol. The van der Waals surface area contributed by atoms with Gasteiger partial charge in [-0.25, -0.2) is 13.6 Å². The predicted molar refractivity (Wildman–Crippen MR) is 67.7 cm³/mol. The number of aliphatic carboxylic acids is 1. The summed E-state index contributed by atoms with van der Waals surface area (Å²) in [5, 5.41) is 11.4. The van der Waals surface area contributed by atoms with Gasteiger partial charge in [-0.05, 0) is 18.6 Å². The minimum atomic E-state index is -2.60. The van der Waals surface area contributed by atoms with Gasteiger partial charge in [0.05, 0.1) is 5.92 Å². The maximum Gasteiger partial charge on any atom is 0.321 e. The fourth-order valence-corrected chi connectivity index (χ4v) is 2.10.